The molecule has 0 spiro atoms. The summed E-state index contributed by atoms with van der Waals surface area (Å²) in [4.78, 5) is 35.3. The van der Waals surface area contributed by atoms with E-state index in [9.17, 15) is 29.9 Å². The van der Waals surface area contributed by atoms with Crippen molar-refractivity contribution in [2.24, 2.45) is 0 Å². The van der Waals surface area contributed by atoms with Gasteiger partial charge < -0.3 is 20.6 Å². The summed E-state index contributed by atoms with van der Waals surface area (Å²) in [6.07, 6.45) is 0.527. The monoisotopic (exact) mass is 446 g/mol. The van der Waals surface area contributed by atoms with Gasteiger partial charge in [0.15, 0.2) is 6.29 Å². The summed E-state index contributed by atoms with van der Waals surface area (Å²) in [6, 6.07) is 13.5. The van der Waals surface area contributed by atoms with Gasteiger partial charge in [0.1, 0.15) is 11.5 Å². The molecule has 166 valence electrons. The number of benzene rings is 4. The van der Waals surface area contributed by atoms with Crippen molar-refractivity contribution in [3.05, 3.63) is 75.8 Å². The Hall–Kier alpha value is -4.50. The average Bonchev–Trinajstić information content (AvgIpc) is 2.81. The van der Waals surface area contributed by atoms with Crippen molar-refractivity contribution < 1.29 is 29.8 Å². The molecule has 0 saturated heterocycles. The van der Waals surface area contributed by atoms with Crippen molar-refractivity contribution in [3.8, 4) is 11.5 Å². The van der Waals surface area contributed by atoms with E-state index < -0.39 is 16.4 Å². The Morgan fingerprint density at radius 1 is 0.970 bits per heavy atom. The van der Waals surface area contributed by atoms with Crippen LogP contribution in [0.1, 0.15) is 15.9 Å². The molecule has 0 aliphatic rings. The van der Waals surface area contributed by atoms with Gasteiger partial charge in [0, 0.05) is 40.2 Å². The first-order valence-electron chi connectivity index (χ1n) is 9.90. The van der Waals surface area contributed by atoms with Crippen molar-refractivity contribution in [1.82, 2.24) is 0 Å². The number of aliphatic hydroxyl groups excluding tert-OH is 1. The number of ketones is 1. The number of carbonyl (C=O) groups is 2. The number of nitrogens with one attached hydrogen (secondary N) is 1. The molecule has 4 N–H and O–H groups in total. The maximum atomic E-state index is 12.8. The fourth-order valence-electron chi connectivity index (χ4n) is 3.90. The van der Waals surface area contributed by atoms with Crippen LogP contribution in [0.3, 0.4) is 0 Å². The number of aromatic hydroxyl groups is 2. The van der Waals surface area contributed by atoms with Crippen LogP contribution < -0.4 is 5.32 Å². The Morgan fingerprint density at radius 3 is 2.21 bits per heavy atom. The number of fused-ring (bicyclic) bond motifs is 2. The largest absolute Gasteiger partial charge is 0.507 e. The van der Waals surface area contributed by atoms with E-state index in [1.807, 2.05) is 0 Å². The van der Waals surface area contributed by atoms with Crippen molar-refractivity contribution in [3.63, 3.8) is 0 Å². The summed E-state index contributed by atoms with van der Waals surface area (Å²) in [7, 11) is 0. The highest BCUT2D eigenvalue weighted by Crippen LogP contribution is 2.44. The number of nitrogens with zero attached hydrogens (tertiary/aromatic N) is 1. The molecule has 33 heavy (non-hydrogen) atoms. The van der Waals surface area contributed by atoms with E-state index in [0.29, 0.717) is 17.8 Å². The van der Waals surface area contributed by atoms with Gasteiger partial charge in [-0.05, 0) is 48.4 Å². The van der Waals surface area contributed by atoms with Crippen LogP contribution in [0.15, 0.2) is 54.6 Å². The van der Waals surface area contributed by atoms with Crippen molar-refractivity contribution in [2.45, 2.75) is 6.42 Å². The van der Waals surface area contributed by atoms with E-state index >= 15 is 0 Å². The minimum atomic E-state index is -1.04. The first kappa shape index (κ1) is 21.7. The topological polar surface area (TPSA) is 150 Å². The zero-order valence-corrected chi connectivity index (χ0v) is 17.1. The standard InChI is InChI=1S/C24H18N2O7/c27-10-9-13-1-3-14(4-2-13)25-17-5-7-19(29)15-11-16-20(30)8-6-18(26(32)33)23(16)24(22(15)17)21(31)12-28/h1-8,11-12,25,27,29-30H,9-10H2. The predicted octanol–water partition coefficient (Wildman–Crippen LogP) is 3.97. The number of aliphatic hydroxyl groups is 1. The molecule has 0 aliphatic carbocycles. The Bertz CT molecular complexity index is 1430. The lowest BCUT2D eigenvalue weighted by Crippen LogP contribution is -2.06. The molecule has 0 heterocycles. The van der Waals surface area contributed by atoms with E-state index in [1.54, 1.807) is 24.3 Å². The summed E-state index contributed by atoms with van der Waals surface area (Å²) in [6.45, 7) is 0.00520. The summed E-state index contributed by atoms with van der Waals surface area (Å²) in [5, 5.41) is 44.7. The van der Waals surface area contributed by atoms with E-state index in [2.05, 4.69) is 5.32 Å². The fraction of sp³-hybridized carbons (Fsp3) is 0.0833. The molecule has 0 aliphatic heterocycles. The van der Waals surface area contributed by atoms with Crippen molar-refractivity contribution in [1.29, 1.82) is 0 Å². The molecule has 9 nitrogen and oxygen atoms in total. The van der Waals surface area contributed by atoms with Gasteiger partial charge in [-0.25, -0.2) is 0 Å². The smallest absolute Gasteiger partial charge is 0.278 e. The zero-order valence-electron chi connectivity index (χ0n) is 17.1. The predicted molar refractivity (Wildman–Crippen MR) is 122 cm³/mol. The van der Waals surface area contributed by atoms with E-state index in [-0.39, 0.29) is 51.5 Å². The van der Waals surface area contributed by atoms with E-state index in [4.69, 9.17) is 5.11 Å². The van der Waals surface area contributed by atoms with Crippen LogP contribution in [0.5, 0.6) is 11.5 Å². The lowest BCUT2D eigenvalue weighted by atomic mass is 9.91. The number of hydrogen-bond donors (Lipinski definition) is 4. The normalized spacial score (nSPS) is 10.9. The maximum absolute atomic E-state index is 12.8. The van der Waals surface area contributed by atoms with Crippen LogP contribution in [-0.2, 0) is 11.2 Å². The van der Waals surface area contributed by atoms with Gasteiger partial charge in [-0.1, -0.05) is 12.1 Å². The van der Waals surface area contributed by atoms with Gasteiger partial charge in [0.05, 0.1) is 15.9 Å². The highest BCUT2D eigenvalue weighted by Gasteiger charge is 2.26. The molecule has 4 aromatic rings. The molecular formula is C24H18N2O7. The SMILES string of the molecule is O=CC(=O)c1c2c(Nc3ccc(CCO)cc3)ccc(O)c2cc2c(O)ccc([N+](=O)[O-])c12. The van der Waals surface area contributed by atoms with E-state index in [1.165, 1.54) is 18.2 Å². The fourth-order valence-corrected chi connectivity index (χ4v) is 3.90. The number of hydrogen-bond acceptors (Lipinski definition) is 8. The van der Waals surface area contributed by atoms with E-state index in [0.717, 1.165) is 17.7 Å². The summed E-state index contributed by atoms with van der Waals surface area (Å²) in [5.74, 6) is -1.61. The second-order valence-electron chi connectivity index (χ2n) is 7.37. The number of phenols is 2. The molecule has 0 fully saturated rings. The van der Waals surface area contributed by atoms with Crippen LogP contribution >= 0.6 is 0 Å². The Kier molecular flexibility index (Phi) is 5.63. The molecular weight excluding hydrogens is 428 g/mol. The first-order chi connectivity index (χ1) is 15.8. The Labute approximate surface area is 186 Å². The first-order valence-corrected chi connectivity index (χ1v) is 9.90. The summed E-state index contributed by atoms with van der Waals surface area (Å²) in [5.41, 5.74) is 1.08. The van der Waals surface area contributed by atoms with Gasteiger partial charge in [-0.2, -0.15) is 0 Å². The van der Waals surface area contributed by atoms with Gasteiger partial charge in [-0.3, -0.25) is 19.7 Å². The molecule has 0 saturated carbocycles. The maximum Gasteiger partial charge on any atom is 0.278 e. The molecule has 0 atom stereocenters. The summed E-state index contributed by atoms with van der Waals surface area (Å²) >= 11 is 0. The highest BCUT2D eigenvalue weighted by atomic mass is 16.6. The zero-order chi connectivity index (χ0) is 23.7. The number of carbonyl (C=O) groups excluding carboxylic acids is 2. The molecule has 0 aromatic heterocycles. The number of Topliss-reactive ketones (excluding diaryl/α,β-unsaturated/α-hetero) is 1. The second kappa shape index (κ2) is 8.56. The van der Waals surface area contributed by atoms with Crippen molar-refractivity contribution in [2.75, 3.05) is 11.9 Å². The molecule has 0 unspecified atom stereocenters. The van der Waals surface area contributed by atoms with Crippen LogP contribution in [0.2, 0.25) is 0 Å². The third-order valence-electron chi connectivity index (χ3n) is 5.40. The second-order valence-corrected chi connectivity index (χ2v) is 7.37. The number of phenolic OH excluding ortho intramolecular Hbond substituents is 2. The Morgan fingerprint density at radius 2 is 1.61 bits per heavy atom. The number of anilines is 2. The lowest BCUT2D eigenvalue weighted by Gasteiger charge is -2.16. The van der Waals surface area contributed by atoms with Gasteiger partial charge in [-0.15, -0.1) is 0 Å². The summed E-state index contributed by atoms with van der Waals surface area (Å²) < 4.78 is 0. The highest BCUT2D eigenvalue weighted by molar-refractivity contribution is 6.42. The molecule has 4 rings (SSSR count). The quantitative estimate of drug-likeness (QED) is 0.0633. The van der Waals surface area contributed by atoms with Gasteiger partial charge in [0.2, 0.25) is 5.78 Å². The Balaban J connectivity index is 2.07. The van der Waals surface area contributed by atoms with Crippen LogP contribution in [-0.4, -0.2) is 38.9 Å². The lowest BCUT2D eigenvalue weighted by molar-refractivity contribution is -0.383. The average molecular weight is 446 g/mol. The van der Waals surface area contributed by atoms with Crippen LogP contribution in [0.25, 0.3) is 21.5 Å². The molecule has 0 radical (unpaired) electrons. The minimum Gasteiger partial charge on any atom is -0.507 e. The van der Waals surface area contributed by atoms with Gasteiger partial charge >= 0.3 is 0 Å². The molecule has 4 aromatic carbocycles. The van der Waals surface area contributed by atoms with Crippen LogP contribution in [0.4, 0.5) is 17.1 Å². The third kappa shape index (κ3) is 3.81. The number of nitro groups is 1. The number of nitro benzene ring substituents is 1. The third-order valence-corrected chi connectivity index (χ3v) is 5.40. The number of rotatable bonds is 7. The molecule has 0 amide bonds. The molecule has 0 bridgehead atoms. The van der Waals surface area contributed by atoms with Crippen LogP contribution in [0, 0.1) is 10.1 Å². The minimum absolute atomic E-state index is 0.00520. The molecule has 9 heteroatoms. The number of non-ortho nitro benzene ring substituents is 1. The van der Waals surface area contributed by atoms with Crippen molar-refractivity contribution >= 4 is 50.7 Å². The number of aldehydes is 1. The van der Waals surface area contributed by atoms with Gasteiger partial charge in [0.25, 0.3) is 5.69 Å².